The summed E-state index contributed by atoms with van der Waals surface area (Å²) in [6, 6.07) is 17.4. The summed E-state index contributed by atoms with van der Waals surface area (Å²) in [4.78, 5) is 24.7. The number of carbonyl (C=O) groups is 2. The van der Waals surface area contributed by atoms with Crippen LogP contribution in [0.4, 0.5) is 0 Å². The van der Waals surface area contributed by atoms with Crippen LogP contribution in [0.5, 0.6) is 0 Å². The number of Topliss-reactive ketones (excluding diaryl/α,β-unsaturated/α-hetero) is 1. The molecule has 0 aromatic heterocycles. The van der Waals surface area contributed by atoms with Crippen LogP contribution >= 0.6 is 0 Å². The predicted molar refractivity (Wildman–Crippen MR) is 93.5 cm³/mol. The highest BCUT2D eigenvalue weighted by Crippen LogP contribution is 2.41. The molecule has 1 atom stereocenters. The lowest BCUT2D eigenvalue weighted by molar-refractivity contribution is -0.156. The van der Waals surface area contributed by atoms with Crippen molar-refractivity contribution in [2.24, 2.45) is 0 Å². The van der Waals surface area contributed by atoms with Crippen molar-refractivity contribution >= 4 is 17.5 Å². The second-order valence-corrected chi connectivity index (χ2v) is 6.15. The molecule has 0 saturated carbocycles. The van der Waals surface area contributed by atoms with Crippen LogP contribution in [0.1, 0.15) is 25.0 Å². The number of cyclic esters (lactones) is 1. The van der Waals surface area contributed by atoms with E-state index in [0.717, 1.165) is 0 Å². The first-order valence-electron chi connectivity index (χ1n) is 8.05. The Balaban J connectivity index is 2.28. The molecular formula is C20H19NO4. The summed E-state index contributed by atoms with van der Waals surface area (Å²) in [5, 5.41) is 14.0. The van der Waals surface area contributed by atoms with Crippen LogP contribution < -0.4 is 5.32 Å². The molecule has 1 aliphatic rings. The molecule has 2 N–H and O–H groups in total. The minimum Gasteiger partial charge on any atom is -0.507 e. The Morgan fingerprint density at radius 1 is 1.00 bits per heavy atom. The Bertz CT molecular complexity index is 827. The standard InChI is InChI=1S/C20H19NO4/c1-13(2)21-20(15-11-7-4-8-12-15)16(18(23)19(24)25-20)17(22)14-9-5-3-6-10-14/h3-13,21-22H,1-2H3/b17-16+. The maximum atomic E-state index is 12.6. The van der Waals surface area contributed by atoms with E-state index < -0.39 is 17.5 Å². The van der Waals surface area contributed by atoms with Crippen LogP contribution in [0.25, 0.3) is 5.76 Å². The van der Waals surface area contributed by atoms with E-state index in [1.54, 1.807) is 54.6 Å². The minimum atomic E-state index is -1.52. The van der Waals surface area contributed by atoms with E-state index in [9.17, 15) is 14.7 Å². The number of hydrogen-bond donors (Lipinski definition) is 2. The van der Waals surface area contributed by atoms with E-state index in [-0.39, 0.29) is 17.4 Å². The lowest BCUT2D eigenvalue weighted by Gasteiger charge is -2.32. The molecule has 2 aromatic carbocycles. The maximum absolute atomic E-state index is 12.6. The number of esters is 1. The summed E-state index contributed by atoms with van der Waals surface area (Å²) in [7, 11) is 0. The van der Waals surface area contributed by atoms with Gasteiger partial charge in [0, 0.05) is 17.2 Å². The third kappa shape index (κ3) is 2.94. The molecule has 1 unspecified atom stereocenters. The fraction of sp³-hybridized carbons (Fsp3) is 0.200. The molecule has 5 nitrogen and oxygen atoms in total. The fourth-order valence-electron chi connectivity index (χ4n) is 2.98. The van der Waals surface area contributed by atoms with Crippen molar-refractivity contribution in [2.75, 3.05) is 0 Å². The summed E-state index contributed by atoms with van der Waals surface area (Å²) in [5.41, 5.74) is -0.609. The Morgan fingerprint density at radius 2 is 1.56 bits per heavy atom. The second kappa shape index (κ2) is 6.53. The van der Waals surface area contributed by atoms with Gasteiger partial charge in [-0.2, -0.15) is 0 Å². The van der Waals surface area contributed by atoms with Gasteiger partial charge in [-0.25, -0.2) is 4.79 Å². The third-order valence-corrected chi connectivity index (χ3v) is 3.97. The monoisotopic (exact) mass is 337 g/mol. The largest absolute Gasteiger partial charge is 0.507 e. The molecule has 5 heteroatoms. The van der Waals surface area contributed by atoms with Crippen molar-refractivity contribution < 1.29 is 19.4 Å². The van der Waals surface area contributed by atoms with Crippen LogP contribution in [-0.4, -0.2) is 22.9 Å². The first-order valence-corrected chi connectivity index (χ1v) is 8.05. The number of benzene rings is 2. The molecule has 2 aromatic rings. The summed E-state index contributed by atoms with van der Waals surface area (Å²) >= 11 is 0. The SMILES string of the molecule is CC(C)NC1(c2ccccc2)OC(=O)C(=O)/C1=C(\O)c1ccccc1. The number of ketones is 1. The van der Waals surface area contributed by atoms with Gasteiger partial charge in [-0.3, -0.25) is 10.1 Å². The molecule has 0 amide bonds. The van der Waals surface area contributed by atoms with Gasteiger partial charge in [-0.05, 0) is 13.8 Å². The number of aliphatic hydroxyl groups is 1. The summed E-state index contributed by atoms with van der Waals surface area (Å²) in [6.45, 7) is 3.75. The van der Waals surface area contributed by atoms with Crippen molar-refractivity contribution in [3.05, 3.63) is 77.4 Å². The van der Waals surface area contributed by atoms with E-state index in [0.29, 0.717) is 11.1 Å². The van der Waals surface area contributed by atoms with Crippen molar-refractivity contribution in [3.63, 3.8) is 0 Å². The number of aliphatic hydroxyl groups excluding tert-OH is 1. The van der Waals surface area contributed by atoms with Gasteiger partial charge in [0.05, 0.1) is 0 Å². The Kier molecular flexibility index (Phi) is 4.42. The summed E-state index contributed by atoms with van der Waals surface area (Å²) in [6.07, 6.45) is 0. The van der Waals surface area contributed by atoms with E-state index in [1.165, 1.54) is 0 Å². The first kappa shape index (κ1) is 16.9. The summed E-state index contributed by atoms with van der Waals surface area (Å²) < 4.78 is 5.50. The highest BCUT2D eigenvalue weighted by Gasteiger charge is 2.55. The minimum absolute atomic E-state index is 0.0939. The smallest absolute Gasteiger partial charge is 0.382 e. The van der Waals surface area contributed by atoms with Crippen molar-refractivity contribution in [2.45, 2.75) is 25.6 Å². The normalized spacial score (nSPS) is 22.2. The highest BCUT2D eigenvalue weighted by molar-refractivity contribution is 6.44. The van der Waals surface area contributed by atoms with Gasteiger partial charge in [0.1, 0.15) is 11.3 Å². The van der Waals surface area contributed by atoms with Gasteiger partial charge >= 0.3 is 5.97 Å². The van der Waals surface area contributed by atoms with Crippen LogP contribution in [0.2, 0.25) is 0 Å². The number of ether oxygens (including phenoxy) is 1. The topological polar surface area (TPSA) is 75.6 Å². The molecule has 0 spiro atoms. The van der Waals surface area contributed by atoms with Gasteiger partial charge in [0.2, 0.25) is 5.72 Å². The average Bonchev–Trinajstić information content (AvgIpc) is 2.86. The fourth-order valence-corrected chi connectivity index (χ4v) is 2.98. The number of nitrogens with one attached hydrogen (secondary N) is 1. The van der Waals surface area contributed by atoms with Crippen LogP contribution in [-0.2, 0) is 20.1 Å². The van der Waals surface area contributed by atoms with Crippen LogP contribution in [0.3, 0.4) is 0 Å². The first-order chi connectivity index (χ1) is 12.0. The average molecular weight is 337 g/mol. The maximum Gasteiger partial charge on any atom is 0.382 e. The molecule has 1 saturated heterocycles. The van der Waals surface area contributed by atoms with Gasteiger partial charge < -0.3 is 9.84 Å². The molecule has 0 bridgehead atoms. The molecule has 0 radical (unpaired) electrons. The molecule has 128 valence electrons. The molecular weight excluding hydrogens is 318 g/mol. The number of rotatable bonds is 4. The van der Waals surface area contributed by atoms with E-state index in [2.05, 4.69) is 5.32 Å². The van der Waals surface area contributed by atoms with E-state index in [1.807, 2.05) is 19.9 Å². The lowest BCUT2D eigenvalue weighted by atomic mass is 9.90. The molecule has 0 aliphatic carbocycles. The van der Waals surface area contributed by atoms with Crippen LogP contribution in [0.15, 0.2) is 66.2 Å². The van der Waals surface area contributed by atoms with Crippen LogP contribution in [0, 0.1) is 0 Å². The van der Waals surface area contributed by atoms with E-state index >= 15 is 0 Å². The van der Waals surface area contributed by atoms with Gasteiger partial charge in [0.25, 0.3) is 5.78 Å². The van der Waals surface area contributed by atoms with Crippen molar-refractivity contribution in [1.29, 1.82) is 0 Å². The zero-order chi connectivity index (χ0) is 18.0. The Morgan fingerprint density at radius 3 is 2.12 bits per heavy atom. The van der Waals surface area contributed by atoms with Crippen molar-refractivity contribution in [3.8, 4) is 0 Å². The Labute approximate surface area is 145 Å². The van der Waals surface area contributed by atoms with Gasteiger partial charge in [0.15, 0.2) is 0 Å². The number of carbonyl (C=O) groups excluding carboxylic acids is 2. The molecule has 1 heterocycles. The zero-order valence-corrected chi connectivity index (χ0v) is 14.0. The molecule has 25 heavy (non-hydrogen) atoms. The molecule has 3 rings (SSSR count). The predicted octanol–water partition coefficient (Wildman–Crippen LogP) is 2.93. The second-order valence-electron chi connectivity index (χ2n) is 6.15. The van der Waals surface area contributed by atoms with Gasteiger partial charge in [-0.15, -0.1) is 0 Å². The van der Waals surface area contributed by atoms with E-state index in [4.69, 9.17) is 4.74 Å². The quantitative estimate of drug-likeness (QED) is 0.388. The summed E-state index contributed by atoms with van der Waals surface area (Å²) in [5.74, 6) is -2.11. The number of hydrogen-bond acceptors (Lipinski definition) is 5. The Hall–Kier alpha value is -2.92. The van der Waals surface area contributed by atoms with Gasteiger partial charge in [-0.1, -0.05) is 60.7 Å². The highest BCUT2D eigenvalue weighted by atomic mass is 16.6. The van der Waals surface area contributed by atoms with Crippen molar-refractivity contribution in [1.82, 2.24) is 5.32 Å². The zero-order valence-electron chi connectivity index (χ0n) is 14.0. The lowest BCUT2D eigenvalue weighted by Crippen LogP contribution is -2.47. The third-order valence-electron chi connectivity index (χ3n) is 3.97. The molecule has 1 fully saturated rings. The molecule has 1 aliphatic heterocycles.